The molecule has 0 aromatic heterocycles. The van der Waals surface area contributed by atoms with E-state index in [0.717, 1.165) is 128 Å². The molecule has 1 fully saturated rings. The van der Waals surface area contributed by atoms with E-state index in [4.69, 9.17) is 33.2 Å². The summed E-state index contributed by atoms with van der Waals surface area (Å²) in [4.78, 5) is 94.0. The number of carbonyl (C=O) groups is 7. The van der Waals surface area contributed by atoms with Crippen molar-refractivity contribution in [3.05, 3.63) is 0 Å². The summed E-state index contributed by atoms with van der Waals surface area (Å²) in [6.07, 6.45) is 36.5. The first-order chi connectivity index (χ1) is 44.7. The van der Waals surface area contributed by atoms with Gasteiger partial charge in [-0.2, -0.15) is 0 Å². The molecule has 0 aliphatic carbocycles. The number of carboxylic acid groups (broad SMARTS) is 1. The maximum absolute atomic E-state index is 14.6. The highest BCUT2D eigenvalue weighted by molar-refractivity contribution is 5.78. The smallest absolute Gasteiger partial charge is 0.323 e. The van der Waals surface area contributed by atoms with Crippen molar-refractivity contribution in [3.8, 4) is 0 Å². The van der Waals surface area contributed by atoms with Gasteiger partial charge in [0.2, 0.25) is 5.91 Å². The van der Waals surface area contributed by atoms with Crippen LogP contribution in [0.2, 0.25) is 0 Å². The van der Waals surface area contributed by atoms with Crippen LogP contribution in [0.5, 0.6) is 0 Å². The molecular weight excluding hydrogens is 1170 g/mol. The predicted molar refractivity (Wildman–Crippen MR) is 364 cm³/mol. The molecule has 1 amide bonds. The molecule has 0 aromatic carbocycles. The van der Waals surface area contributed by atoms with Crippen molar-refractivity contribution in [3.63, 3.8) is 0 Å². The first-order valence-corrected chi connectivity index (χ1v) is 37.8. The normalized spacial score (nSPS) is 17.7. The highest BCUT2D eigenvalue weighted by Gasteiger charge is 2.53. The summed E-state index contributed by atoms with van der Waals surface area (Å²) in [7, 11) is 0. The van der Waals surface area contributed by atoms with Crippen molar-refractivity contribution in [1.29, 1.82) is 0 Å². The van der Waals surface area contributed by atoms with Gasteiger partial charge in [-0.05, 0) is 70.8 Å². The Bertz CT molecular complexity index is 1840. The fraction of sp³-hybridized carbons (Fsp3) is 0.905. The zero-order valence-electron chi connectivity index (χ0n) is 59.2. The van der Waals surface area contributed by atoms with Gasteiger partial charge >= 0.3 is 29.8 Å². The highest BCUT2D eigenvalue weighted by atomic mass is 16.7. The molecule has 0 saturated carbocycles. The number of hydrogen-bond acceptors (Lipinski definition) is 16. The lowest BCUT2D eigenvalue weighted by Gasteiger charge is -2.46. The van der Waals surface area contributed by atoms with Gasteiger partial charge in [-0.3, -0.25) is 33.6 Å². The number of nitrogens with one attached hydrogen (secondary N) is 2. The minimum Gasteiger partial charge on any atom is -0.480 e. The van der Waals surface area contributed by atoms with Crippen LogP contribution in [-0.2, 0) is 66.7 Å². The minimum atomic E-state index is -2.31. The van der Waals surface area contributed by atoms with E-state index in [1.54, 1.807) is 0 Å². The maximum Gasteiger partial charge on any atom is 0.323 e. The lowest BCUT2D eigenvalue weighted by Crippen LogP contribution is -2.66. The molecular formula is C74H136N2O16. The van der Waals surface area contributed by atoms with E-state index in [1.807, 2.05) is 13.8 Å². The number of hydrogen-bond donors (Lipinski definition) is 4. The largest absolute Gasteiger partial charge is 0.480 e. The van der Waals surface area contributed by atoms with E-state index in [2.05, 4.69) is 38.3 Å². The molecule has 4 N–H and O–H groups in total. The Hall–Kier alpha value is -3.87. The summed E-state index contributed by atoms with van der Waals surface area (Å²) in [5.74, 6) is -6.23. The van der Waals surface area contributed by atoms with Crippen molar-refractivity contribution in [2.75, 3.05) is 19.8 Å². The van der Waals surface area contributed by atoms with Crippen LogP contribution in [0.1, 0.15) is 363 Å². The van der Waals surface area contributed by atoms with Gasteiger partial charge in [0.05, 0.1) is 32.5 Å². The van der Waals surface area contributed by atoms with E-state index in [9.17, 15) is 43.8 Å². The molecule has 8 unspecified atom stereocenters. The zero-order valence-corrected chi connectivity index (χ0v) is 59.2. The quantitative estimate of drug-likeness (QED) is 0.0145. The highest BCUT2D eigenvalue weighted by Crippen LogP contribution is 2.34. The first-order valence-electron chi connectivity index (χ1n) is 37.8. The van der Waals surface area contributed by atoms with Crippen LogP contribution in [0, 0.1) is 0 Å². The zero-order chi connectivity index (χ0) is 67.6. The van der Waals surface area contributed by atoms with Crippen LogP contribution in [0.3, 0.4) is 0 Å². The Labute approximate surface area is 558 Å². The molecule has 1 saturated heterocycles. The third kappa shape index (κ3) is 46.3. The summed E-state index contributed by atoms with van der Waals surface area (Å²) in [6.45, 7) is 11.7. The van der Waals surface area contributed by atoms with Crippen molar-refractivity contribution in [1.82, 2.24) is 10.6 Å². The Morgan fingerprint density at radius 2 is 0.837 bits per heavy atom. The van der Waals surface area contributed by atoms with E-state index >= 15 is 0 Å². The number of rotatable bonds is 66. The molecule has 0 radical (unpaired) electrons. The summed E-state index contributed by atoms with van der Waals surface area (Å²) in [5.41, 5.74) is 0. The average Bonchev–Trinajstić information content (AvgIpc) is 0.794. The number of aliphatic hydroxyl groups is 1. The van der Waals surface area contributed by atoms with Crippen molar-refractivity contribution in [2.45, 2.75) is 411 Å². The SMILES string of the molecule is CCCCCCCCCCCC(CCNC(COC1(NC(=O)CC(CCCCCCCCCCC)OC(=O)CCCCC)CC(OC(=O)CC(CCCCCCCCCCC)OC(=O)CCCCC)C(OC=O)C(CO)O1)C(=O)O)OC(=O)CCCCCCCCC. The maximum atomic E-state index is 14.6. The Morgan fingerprint density at radius 1 is 0.478 bits per heavy atom. The molecule has 0 bridgehead atoms. The number of aliphatic carboxylic acids is 1. The summed E-state index contributed by atoms with van der Waals surface area (Å²) in [5, 5.41) is 27.6. The van der Waals surface area contributed by atoms with Crippen LogP contribution < -0.4 is 10.6 Å². The second-order valence-corrected chi connectivity index (χ2v) is 26.4. The molecule has 18 nitrogen and oxygen atoms in total. The minimum absolute atomic E-state index is 0.121. The van der Waals surface area contributed by atoms with Gasteiger partial charge in [0.25, 0.3) is 12.4 Å². The number of amides is 1. The monoisotopic (exact) mass is 1310 g/mol. The van der Waals surface area contributed by atoms with Gasteiger partial charge in [0, 0.05) is 19.3 Å². The molecule has 1 aliphatic heterocycles. The standard InChI is InChI=1S/C74H136N2O16/c1-7-13-19-23-27-30-34-37-43-47-61(88-68(80)52-46-40-33-26-22-16-10-4)53-54-75-64(73(84)85)59-87-74(76-67(79)55-62(89-69(81)50-41-17-11-5)48-44-38-35-31-28-24-20-14-8-2)57-65(72(86-60-78)66(58-77)92-74)91-71(83)56-63(90-70(82)51-42-18-12-6)49-45-39-36-32-29-25-21-15-9-3/h60-66,72,75,77H,7-59H2,1-6H3,(H,76,79)(H,84,85). The Morgan fingerprint density at radius 3 is 1.24 bits per heavy atom. The van der Waals surface area contributed by atoms with Crippen LogP contribution in [0.15, 0.2) is 0 Å². The van der Waals surface area contributed by atoms with Crippen molar-refractivity contribution < 1.29 is 76.9 Å². The van der Waals surface area contributed by atoms with Gasteiger partial charge in [-0.15, -0.1) is 0 Å². The molecule has 0 aromatic rings. The van der Waals surface area contributed by atoms with Gasteiger partial charge in [0.1, 0.15) is 36.6 Å². The van der Waals surface area contributed by atoms with Gasteiger partial charge in [-0.25, -0.2) is 0 Å². The summed E-state index contributed by atoms with van der Waals surface area (Å²) in [6, 6.07) is -1.42. The average molecular weight is 1310 g/mol. The van der Waals surface area contributed by atoms with Crippen molar-refractivity contribution in [2.24, 2.45) is 0 Å². The first kappa shape index (κ1) is 86.1. The van der Waals surface area contributed by atoms with Gasteiger partial charge in [0.15, 0.2) is 6.10 Å². The van der Waals surface area contributed by atoms with Crippen LogP contribution >= 0.6 is 0 Å². The molecule has 1 rings (SSSR count). The fourth-order valence-corrected chi connectivity index (χ4v) is 12.1. The number of ether oxygens (including phenoxy) is 7. The lowest BCUT2D eigenvalue weighted by atomic mass is 9.98. The fourth-order valence-electron chi connectivity index (χ4n) is 12.1. The third-order valence-corrected chi connectivity index (χ3v) is 17.7. The topological polar surface area (TPSA) is 249 Å². The molecule has 1 aliphatic rings. The van der Waals surface area contributed by atoms with E-state index < -0.39 is 98.0 Å². The number of carboxylic acids is 1. The van der Waals surface area contributed by atoms with Crippen LogP contribution in [0.4, 0.5) is 0 Å². The molecule has 92 heavy (non-hydrogen) atoms. The van der Waals surface area contributed by atoms with E-state index in [1.165, 1.54) is 103 Å². The molecule has 538 valence electrons. The summed E-state index contributed by atoms with van der Waals surface area (Å²) < 4.78 is 42.5. The summed E-state index contributed by atoms with van der Waals surface area (Å²) >= 11 is 0. The number of aliphatic hydroxyl groups excluding tert-OH is 1. The number of esters is 4. The number of unbranched alkanes of at least 4 members (excludes halogenated alkanes) is 34. The predicted octanol–water partition coefficient (Wildman–Crippen LogP) is 17.0. The second kappa shape index (κ2) is 59.6. The van der Waals surface area contributed by atoms with E-state index in [0.29, 0.717) is 57.8 Å². The van der Waals surface area contributed by atoms with E-state index in [-0.39, 0.29) is 44.7 Å². The van der Waals surface area contributed by atoms with Gasteiger partial charge in [-0.1, -0.05) is 260 Å². The van der Waals surface area contributed by atoms with Crippen molar-refractivity contribution >= 4 is 42.2 Å². The molecule has 18 heteroatoms. The second-order valence-electron chi connectivity index (χ2n) is 26.4. The molecule has 1 heterocycles. The van der Waals surface area contributed by atoms with Gasteiger partial charge < -0.3 is 54.0 Å². The third-order valence-electron chi connectivity index (χ3n) is 17.7. The Balaban J connectivity index is 3.64. The molecule has 8 atom stereocenters. The number of carbonyl (C=O) groups excluding carboxylic acids is 6. The van der Waals surface area contributed by atoms with Crippen LogP contribution in [0.25, 0.3) is 0 Å². The van der Waals surface area contributed by atoms with Crippen LogP contribution in [-0.4, -0.2) is 121 Å². The molecule has 0 spiro atoms. The Kier molecular flexibility index (Phi) is 55.8. The lowest BCUT2D eigenvalue weighted by molar-refractivity contribution is -0.335.